The Labute approximate surface area is 157 Å². The number of nitro groups is 1. The lowest BCUT2D eigenvalue weighted by atomic mass is 9.79. The van der Waals surface area contributed by atoms with E-state index < -0.39 is 12.1 Å². The molecule has 1 saturated carbocycles. The Morgan fingerprint density at radius 2 is 2.07 bits per heavy atom. The zero-order valence-electron chi connectivity index (χ0n) is 15.7. The molecule has 0 bridgehead atoms. The minimum atomic E-state index is -0.584. The maximum Gasteiger partial charge on any atom is 0.239 e. The van der Waals surface area contributed by atoms with E-state index in [4.69, 9.17) is 9.47 Å². The smallest absolute Gasteiger partial charge is 0.239 e. The second kappa shape index (κ2) is 8.10. The van der Waals surface area contributed by atoms with Crippen LogP contribution in [-0.4, -0.2) is 43.2 Å². The number of methoxy groups -OCH3 is 2. The molecule has 0 spiro atoms. The number of carbonyl (C=O) groups is 1. The summed E-state index contributed by atoms with van der Waals surface area (Å²) in [5.41, 5.74) is 6.96. The van der Waals surface area contributed by atoms with Crippen molar-refractivity contribution in [2.24, 2.45) is 5.92 Å². The fourth-order valence-corrected chi connectivity index (χ4v) is 4.04. The van der Waals surface area contributed by atoms with E-state index in [1.165, 1.54) is 0 Å². The Morgan fingerprint density at radius 1 is 1.30 bits per heavy atom. The van der Waals surface area contributed by atoms with E-state index in [-0.39, 0.29) is 28.8 Å². The third-order valence-corrected chi connectivity index (χ3v) is 5.57. The van der Waals surface area contributed by atoms with Crippen molar-refractivity contribution in [2.45, 2.75) is 50.4 Å². The summed E-state index contributed by atoms with van der Waals surface area (Å²) in [5.74, 6) is 1.05. The van der Waals surface area contributed by atoms with Crippen molar-refractivity contribution >= 4 is 5.91 Å². The molecule has 1 amide bonds. The van der Waals surface area contributed by atoms with Gasteiger partial charge in [-0.1, -0.05) is 0 Å². The summed E-state index contributed by atoms with van der Waals surface area (Å²) in [5, 5.41) is 14.1. The van der Waals surface area contributed by atoms with Gasteiger partial charge in [-0.25, -0.2) is 5.43 Å². The van der Waals surface area contributed by atoms with Gasteiger partial charge in [0, 0.05) is 35.3 Å². The molecule has 2 fully saturated rings. The van der Waals surface area contributed by atoms with Crippen molar-refractivity contribution in [3.8, 4) is 11.5 Å². The number of nitrogens with zero attached hydrogens (tertiary/aromatic N) is 1. The van der Waals surface area contributed by atoms with Gasteiger partial charge in [0.2, 0.25) is 11.9 Å². The average Bonchev–Trinajstić information content (AvgIpc) is 3.10. The number of carbonyl (C=O) groups excluding carboxylic acids is 1. The number of fused-ring (bicyclic) bond motifs is 1. The molecule has 3 N–H and O–H groups in total. The number of benzene rings is 1. The normalized spacial score (nSPS) is 28.1. The van der Waals surface area contributed by atoms with Crippen LogP contribution in [-0.2, 0) is 4.79 Å². The number of amides is 1. The molecule has 27 heavy (non-hydrogen) atoms. The molecule has 1 saturated heterocycles. The second-order valence-electron chi connectivity index (χ2n) is 7.13. The fourth-order valence-electron chi connectivity index (χ4n) is 4.04. The lowest BCUT2D eigenvalue weighted by molar-refractivity contribution is -0.528. The molecule has 2 aliphatic rings. The SMILES string of the molecule is COc1ccc(OC)c(C(C)NC(=O)C2NNC3CCC([N+](=O)[O-])CC32)c1. The summed E-state index contributed by atoms with van der Waals surface area (Å²) < 4.78 is 10.6. The molecule has 1 aromatic rings. The summed E-state index contributed by atoms with van der Waals surface area (Å²) in [6.45, 7) is 1.87. The van der Waals surface area contributed by atoms with Crippen LogP contribution in [0.15, 0.2) is 18.2 Å². The van der Waals surface area contributed by atoms with Crippen molar-refractivity contribution < 1.29 is 19.2 Å². The standard InChI is InChI=1S/C18H26N4O5/c1-10(13-9-12(26-2)5-7-16(13)27-3)19-18(23)17-14-8-11(22(24)25)4-6-15(14)20-21-17/h5,7,9-11,14-15,17,20-21H,4,6,8H2,1-3H3,(H,19,23). The summed E-state index contributed by atoms with van der Waals surface area (Å²) in [7, 11) is 3.16. The molecule has 1 heterocycles. The van der Waals surface area contributed by atoms with E-state index >= 15 is 0 Å². The van der Waals surface area contributed by atoms with Crippen LogP contribution in [0.4, 0.5) is 0 Å². The van der Waals surface area contributed by atoms with Crippen molar-refractivity contribution in [1.82, 2.24) is 16.2 Å². The molecular weight excluding hydrogens is 352 g/mol. The third-order valence-electron chi connectivity index (χ3n) is 5.57. The Balaban J connectivity index is 1.70. The van der Waals surface area contributed by atoms with Gasteiger partial charge in [0.1, 0.15) is 17.5 Å². The molecule has 9 heteroatoms. The molecule has 1 aliphatic heterocycles. The van der Waals surface area contributed by atoms with Gasteiger partial charge in [0.05, 0.1) is 20.3 Å². The van der Waals surface area contributed by atoms with Crippen LogP contribution < -0.4 is 25.6 Å². The largest absolute Gasteiger partial charge is 0.497 e. The van der Waals surface area contributed by atoms with E-state index in [9.17, 15) is 14.9 Å². The van der Waals surface area contributed by atoms with Gasteiger partial charge in [0.15, 0.2) is 0 Å². The van der Waals surface area contributed by atoms with Crippen molar-refractivity contribution in [3.05, 3.63) is 33.9 Å². The molecule has 1 aromatic carbocycles. The van der Waals surface area contributed by atoms with Crippen LogP contribution in [0, 0.1) is 16.0 Å². The van der Waals surface area contributed by atoms with E-state index in [0.717, 1.165) is 5.56 Å². The second-order valence-corrected chi connectivity index (χ2v) is 7.13. The Kier molecular flexibility index (Phi) is 5.81. The molecule has 0 radical (unpaired) electrons. The molecule has 9 nitrogen and oxygen atoms in total. The summed E-state index contributed by atoms with van der Waals surface area (Å²) in [6.07, 6.45) is 1.62. The number of nitrogens with one attached hydrogen (secondary N) is 3. The van der Waals surface area contributed by atoms with Crippen molar-refractivity contribution in [1.29, 1.82) is 0 Å². The van der Waals surface area contributed by atoms with Gasteiger partial charge in [0.25, 0.3) is 0 Å². The van der Waals surface area contributed by atoms with Crippen LogP contribution >= 0.6 is 0 Å². The van der Waals surface area contributed by atoms with Gasteiger partial charge in [-0.3, -0.25) is 20.3 Å². The Bertz CT molecular complexity index is 713. The maximum absolute atomic E-state index is 12.9. The number of hydrogen-bond acceptors (Lipinski definition) is 7. The highest BCUT2D eigenvalue weighted by molar-refractivity contribution is 5.83. The monoisotopic (exact) mass is 378 g/mol. The molecule has 0 aromatic heterocycles. The number of hydrazine groups is 1. The van der Waals surface area contributed by atoms with E-state index in [1.54, 1.807) is 26.4 Å². The first-order chi connectivity index (χ1) is 12.9. The zero-order valence-corrected chi connectivity index (χ0v) is 15.7. The minimum absolute atomic E-state index is 0.0820. The lowest BCUT2D eigenvalue weighted by Crippen LogP contribution is -2.47. The summed E-state index contributed by atoms with van der Waals surface area (Å²) in [6, 6.07) is 4.11. The van der Waals surface area contributed by atoms with E-state index in [2.05, 4.69) is 16.2 Å². The first kappa shape index (κ1) is 19.4. The van der Waals surface area contributed by atoms with Crippen LogP contribution in [0.25, 0.3) is 0 Å². The van der Waals surface area contributed by atoms with Gasteiger partial charge < -0.3 is 14.8 Å². The van der Waals surface area contributed by atoms with Gasteiger partial charge in [-0.2, -0.15) is 0 Å². The molecule has 5 unspecified atom stereocenters. The molecular formula is C18H26N4O5. The number of rotatable bonds is 6. The van der Waals surface area contributed by atoms with Crippen molar-refractivity contribution in [2.75, 3.05) is 14.2 Å². The number of hydrogen-bond donors (Lipinski definition) is 3. The predicted octanol–water partition coefficient (Wildman–Crippen LogP) is 1.17. The van der Waals surface area contributed by atoms with Crippen LogP contribution in [0.1, 0.15) is 37.8 Å². The highest BCUT2D eigenvalue weighted by Crippen LogP contribution is 2.33. The summed E-state index contributed by atoms with van der Waals surface area (Å²) in [4.78, 5) is 23.8. The molecule has 1 aliphatic carbocycles. The van der Waals surface area contributed by atoms with E-state index in [1.807, 2.05) is 13.0 Å². The molecule has 148 valence electrons. The average molecular weight is 378 g/mol. The lowest BCUT2D eigenvalue weighted by Gasteiger charge is -2.29. The third kappa shape index (κ3) is 3.98. The van der Waals surface area contributed by atoms with Gasteiger partial charge >= 0.3 is 0 Å². The molecule has 5 atom stereocenters. The maximum atomic E-state index is 12.9. The number of ether oxygens (including phenoxy) is 2. The van der Waals surface area contributed by atoms with Gasteiger partial charge in [-0.15, -0.1) is 0 Å². The van der Waals surface area contributed by atoms with Crippen LogP contribution in [0.3, 0.4) is 0 Å². The van der Waals surface area contributed by atoms with Crippen molar-refractivity contribution in [3.63, 3.8) is 0 Å². The first-order valence-corrected chi connectivity index (χ1v) is 9.11. The topological polar surface area (TPSA) is 115 Å². The Morgan fingerprint density at radius 3 is 2.74 bits per heavy atom. The van der Waals surface area contributed by atoms with Crippen LogP contribution in [0.2, 0.25) is 0 Å². The molecule has 3 rings (SSSR count). The van der Waals surface area contributed by atoms with E-state index in [0.29, 0.717) is 30.8 Å². The summed E-state index contributed by atoms with van der Waals surface area (Å²) >= 11 is 0. The minimum Gasteiger partial charge on any atom is -0.497 e. The predicted molar refractivity (Wildman–Crippen MR) is 98.1 cm³/mol. The Hall–Kier alpha value is -2.39. The quantitative estimate of drug-likeness (QED) is 0.503. The highest BCUT2D eigenvalue weighted by atomic mass is 16.6. The van der Waals surface area contributed by atoms with Crippen LogP contribution in [0.5, 0.6) is 11.5 Å². The van der Waals surface area contributed by atoms with Gasteiger partial charge in [-0.05, 0) is 31.5 Å². The first-order valence-electron chi connectivity index (χ1n) is 9.11. The highest BCUT2D eigenvalue weighted by Gasteiger charge is 2.46. The fraction of sp³-hybridized carbons (Fsp3) is 0.611. The zero-order chi connectivity index (χ0) is 19.6.